The van der Waals surface area contributed by atoms with Crippen molar-refractivity contribution >= 4 is 33.8 Å². The van der Waals surface area contributed by atoms with Gasteiger partial charge in [-0.25, -0.2) is 9.78 Å². The number of aromatic amines is 1. The first-order valence-electron chi connectivity index (χ1n) is 4.08. The van der Waals surface area contributed by atoms with Crippen LogP contribution >= 0.6 is 22.6 Å². The Kier molecular flexibility index (Phi) is 2.56. The number of alkyl halides is 2. The first-order chi connectivity index (χ1) is 7.43. The molecule has 9 heteroatoms. The van der Waals surface area contributed by atoms with E-state index in [1.54, 1.807) is 22.6 Å². The summed E-state index contributed by atoms with van der Waals surface area (Å²) >= 11 is 1.58. The summed E-state index contributed by atoms with van der Waals surface area (Å²) in [5.74, 6) is 0. The average Bonchev–Trinajstić information content (AvgIpc) is 2.52. The first kappa shape index (κ1) is 11.2. The fraction of sp³-hybridized carbons (Fsp3) is 0.286. The highest BCUT2D eigenvalue weighted by Crippen LogP contribution is 2.20. The number of halogens is 3. The molecule has 0 aromatic carbocycles. The predicted octanol–water partition coefficient (Wildman–Crippen LogP) is 0.423. The number of fused-ring (bicyclic) bond motifs is 1. The maximum absolute atomic E-state index is 12.7. The van der Waals surface area contributed by atoms with E-state index in [1.165, 1.54) is 7.05 Å². The van der Waals surface area contributed by atoms with Crippen molar-refractivity contribution in [3.63, 3.8) is 0 Å². The Morgan fingerprint density at radius 2 is 2.06 bits per heavy atom. The van der Waals surface area contributed by atoms with E-state index >= 15 is 0 Å². The molecular formula is C7H5F2IN4O2. The molecule has 0 aliphatic carbocycles. The van der Waals surface area contributed by atoms with E-state index in [4.69, 9.17) is 0 Å². The van der Waals surface area contributed by atoms with Gasteiger partial charge in [0.05, 0.1) is 0 Å². The largest absolute Gasteiger partial charge is 0.329 e. The molecule has 0 saturated carbocycles. The molecule has 2 aromatic heterocycles. The molecule has 2 rings (SSSR count). The Balaban J connectivity index is 3.07. The van der Waals surface area contributed by atoms with Gasteiger partial charge < -0.3 is 0 Å². The van der Waals surface area contributed by atoms with Gasteiger partial charge in [-0.1, -0.05) is 0 Å². The lowest BCUT2D eigenvalue weighted by atomic mass is 10.5. The normalized spacial score (nSPS) is 11.6. The summed E-state index contributed by atoms with van der Waals surface area (Å²) in [4.78, 5) is 28.3. The SMILES string of the molecule is Cn1c(=O)[nH]c(=O)c2c1nc(I)n2C(F)F. The third kappa shape index (κ3) is 1.45. The van der Waals surface area contributed by atoms with Crippen LogP contribution in [-0.2, 0) is 7.05 Å². The number of aromatic nitrogens is 4. The number of nitrogens with zero attached hydrogens (tertiary/aromatic N) is 3. The molecule has 0 spiro atoms. The van der Waals surface area contributed by atoms with Crippen LogP contribution in [-0.4, -0.2) is 19.1 Å². The van der Waals surface area contributed by atoms with Crippen molar-refractivity contribution in [1.82, 2.24) is 19.1 Å². The summed E-state index contributed by atoms with van der Waals surface area (Å²) in [5.41, 5.74) is -1.92. The molecule has 16 heavy (non-hydrogen) atoms. The van der Waals surface area contributed by atoms with Crippen LogP contribution in [0.5, 0.6) is 0 Å². The summed E-state index contributed by atoms with van der Waals surface area (Å²) in [7, 11) is 1.35. The van der Waals surface area contributed by atoms with E-state index in [2.05, 4.69) is 4.98 Å². The second kappa shape index (κ2) is 3.64. The second-order valence-electron chi connectivity index (χ2n) is 3.02. The Hall–Kier alpha value is -1.26. The van der Waals surface area contributed by atoms with Crippen molar-refractivity contribution in [2.45, 2.75) is 6.55 Å². The van der Waals surface area contributed by atoms with Crippen LogP contribution in [0, 0.1) is 3.83 Å². The van der Waals surface area contributed by atoms with Gasteiger partial charge in [-0.15, -0.1) is 0 Å². The van der Waals surface area contributed by atoms with Gasteiger partial charge in [-0.2, -0.15) is 8.78 Å². The highest BCUT2D eigenvalue weighted by atomic mass is 127. The standard InChI is InChI=1S/C7H5F2IN4O2/c1-13-3-2(4(15)12-7(13)16)14(5(8)9)6(10)11-3/h5H,1H3,(H,12,15,16). The molecule has 2 aromatic rings. The van der Waals surface area contributed by atoms with Crippen molar-refractivity contribution in [2.75, 3.05) is 0 Å². The first-order valence-corrected chi connectivity index (χ1v) is 5.16. The van der Waals surface area contributed by atoms with Crippen molar-refractivity contribution in [3.8, 4) is 0 Å². The minimum atomic E-state index is -2.88. The van der Waals surface area contributed by atoms with Crippen molar-refractivity contribution in [2.24, 2.45) is 7.05 Å². The fourth-order valence-corrected chi connectivity index (χ4v) is 2.03. The minimum Gasteiger partial charge on any atom is -0.279 e. The summed E-state index contributed by atoms with van der Waals surface area (Å²) in [6.07, 6.45) is 0. The van der Waals surface area contributed by atoms with Gasteiger partial charge in [0.1, 0.15) is 0 Å². The smallest absolute Gasteiger partial charge is 0.279 e. The molecular weight excluding hydrogens is 337 g/mol. The summed E-state index contributed by atoms with van der Waals surface area (Å²) in [6, 6.07) is 0. The van der Waals surface area contributed by atoms with E-state index in [1.807, 2.05) is 4.98 Å². The lowest BCUT2D eigenvalue weighted by Crippen LogP contribution is -2.29. The molecule has 0 aliphatic heterocycles. The lowest BCUT2D eigenvalue weighted by Gasteiger charge is -2.02. The van der Waals surface area contributed by atoms with Crippen molar-refractivity contribution in [3.05, 3.63) is 24.7 Å². The van der Waals surface area contributed by atoms with E-state index in [-0.39, 0.29) is 15.0 Å². The average molecular weight is 342 g/mol. The Morgan fingerprint density at radius 1 is 1.44 bits per heavy atom. The highest BCUT2D eigenvalue weighted by Gasteiger charge is 2.20. The van der Waals surface area contributed by atoms with Gasteiger partial charge in [0.2, 0.25) is 0 Å². The maximum Gasteiger partial charge on any atom is 0.329 e. The van der Waals surface area contributed by atoms with E-state index in [0.29, 0.717) is 4.57 Å². The molecule has 0 radical (unpaired) electrons. The molecule has 86 valence electrons. The molecule has 0 aliphatic rings. The van der Waals surface area contributed by atoms with Gasteiger partial charge in [0, 0.05) is 29.6 Å². The number of hydrogen-bond acceptors (Lipinski definition) is 3. The number of H-pyrrole nitrogens is 1. The third-order valence-electron chi connectivity index (χ3n) is 2.10. The molecule has 0 bridgehead atoms. The molecule has 2 heterocycles. The van der Waals surface area contributed by atoms with Crippen LogP contribution in [0.3, 0.4) is 0 Å². The Morgan fingerprint density at radius 3 is 2.62 bits per heavy atom. The molecule has 0 atom stereocenters. The van der Waals surface area contributed by atoms with Gasteiger partial charge in [0.15, 0.2) is 15.0 Å². The number of rotatable bonds is 1. The van der Waals surface area contributed by atoms with Gasteiger partial charge >= 0.3 is 12.2 Å². The van der Waals surface area contributed by atoms with E-state index < -0.39 is 17.8 Å². The molecule has 0 amide bonds. The van der Waals surface area contributed by atoms with Gasteiger partial charge in [0.25, 0.3) is 5.56 Å². The molecule has 1 N–H and O–H groups in total. The summed E-state index contributed by atoms with van der Waals surface area (Å²) < 4.78 is 26.8. The number of imidazole rings is 1. The van der Waals surface area contributed by atoms with Crippen LogP contribution < -0.4 is 11.2 Å². The van der Waals surface area contributed by atoms with Crippen molar-refractivity contribution in [1.29, 1.82) is 0 Å². The maximum atomic E-state index is 12.7. The van der Waals surface area contributed by atoms with Crippen LogP contribution in [0.15, 0.2) is 9.59 Å². The van der Waals surface area contributed by atoms with Gasteiger partial charge in [-0.3, -0.25) is 18.9 Å². The van der Waals surface area contributed by atoms with Gasteiger partial charge in [-0.05, 0) is 0 Å². The fourth-order valence-electron chi connectivity index (χ4n) is 1.35. The number of nitrogens with one attached hydrogen (secondary N) is 1. The number of hydrogen-bond donors (Lipinski definition) is 1. The number of aryl methyl sites for hydroxylation is 1. The van der Waals surface area contributed by atoms with E-state index in [9.17, 15) is 18.4 Å². The monoisotopic (exact) mass is 342 g/mol. The quantitative estimate of drug-likeness (QED) is 0.603. The molecule has 0 fully saturated rings. The van der Waals surface area contributed by atoms with Crippen LogP contribution in [0.4, 0.5) is 8.78 Å². The van der Waals surface area contributed by atoms with Crippen molar-refractivity contribution < 1.29 is 8.78 Å². The zero-order chi connectivity index (χ0) is 12.0. The molecule has 0 saturated heterocycles. The van der Waals surface area contributed by atoms with E-state index in [0.717, 1.165) is 4.57 Å². The summed E-state index contributed by atoms with van der Waals surface area (Å²) in [5, 5.41) is 0. The van der Waals surface area contributed by atoms with Crippen LogP contribution in [0.2, 0.25) is 0 Å². The minimum absolute atomic E-state index is 0.0469. The second-order valence-corrected chi connectivity index (χ2v) is 3.98. The lowest BCUT2D eigenvalue weighted by molar-refractivity contribution is 0.0716. The van der Waals surface area contributed by atoms with Crippen LogP contribution in [0.25, 0.3) is 11.2 Å². The predicted molar refractivity (Wildman–Crippen MR) is 59.6 cm³/mol. The molecule has 6 nitrogen and oxygen atoms in total. The Bertz CT molecular complexity index is 671. The third-order valence-corrected chi connectivity index (χ3v) is 2.86. The zero-order valence-corrected chi connectivity index (χ0v) is 10.0. The Labute approximate surface area is 100 Å². The zero-order valence-electron chi connectivity index (χ0n) is 7.87. The van der Waals surface area contributed by atoms with Crippen LogP contribution in [0.1, 0.15) is 6.55 Å². The topological polar surface area (TPSA) is 72.7 Å². The highest BCUT2D eigenvalue weighted by molar-refractivity contribution is 14.1. The summed E-state index contributed by atoms with van der Waals surface area (Å²) in [6.45, 7) is -2.88. The molecule has 0 unspecified atom stereocenters.